The second-order valence-corrected chi connectivity index (χ2v) is 7.03. The van der Waals surface area contributed by atoms with Gasteiger partial charge in [-0.25, -0.2) is 0 Å². The summed E-state index contributed by atoms with van der Waals surface area (Å²) < 4.78 is 0. The Labute approximate surface area is 95.3 Å². The molecule has 1 aliphatic carbocycles. The van der Waals surface area contributed by atoms with Crippen LogP contribution in [-0.4, -0.2) is 11.2 Å². The SMILES string of the molecule is CCCC(O)C1CC(C)(C)CC(C)(C)C1. The van der Waals surface area contributed by atoms with Gasteiger partial charge in [0.2, 0.25) is 0 Å². The van der Waals surface area contributed by atoms with Gasteiger partial charge in [0.05, 0.1) is 6.10 Å². The van der Waals surface area contributed by atoms with Gasteiger partial charge in [-0.1, -0.05) is 41.0 Å². The van der Waals surface area contributed by atoms with Gasteiger partial charge in [-0.3, -0.25) is 0 Å². The molecule has 0 spiro atoms. The van der Waals surface area contributed by atoms with Crippen molar-refractivity contribution in [3.8, 4) is 0 Å². The summed E-state index contributed by atoms with van der Waals surface area (Å²) in [6.07, 6.45) is 5.66. The summed E-state index contributed by atoms with van der Waals surface area (Å²) in [6.45, 7) is 11.5. The monoisotopic (exact) mass is 212 g/mol. The molecule has 0 aromatic rings. The number of hydrogen-bond acceptors (Lipinski definition) is 1. The van der Waals surface area contributed by atoms with Crippen LogP contribution in [0.25, 0.3) is 0 Å². The lowest BCUT2D eigenvalue weighted by atomic mass is 9.60. The zero-order valence-electron chi connectivity index (χ0n) is 11.1. The molecule has 1 nitrogen and oxygen atoms in total. The van der Waals surface area contributed by atoms with Crippen molar-refractivity contribution in [3.63, 3.8) is 0 Å². The van der Waals surface area contributed by atoms with Crippen LogP contribution in [0.4, 0.5) is 0 Å². The minimum Gasteiger partial charge on any atom is -0.393 e. The molecule has 1 N–H and O–H groups in total. The molecule has 90 valence electrons. The molecule has 1 aliphatic rings. The summed E-state index contributed by atoms with van der Waals surface area (Å²) in [5.74, 6) is 0.517. The lowest BCUT2D eigenvalue weighted by molar-refractivity contribution is -0.00912. The van der Waals surface area contributed by atoms with E-state index in [-0.39, 0.29) is 6.10 Å². The Morgan fingerprint density at radius 1 is 1.13 bits per heavy atom. The van der Waals surface area contributed by atoms with Crippen molar-refractivity contribution >= 4 is 0 Å². The topological polar surface area (TPSA) is 20.2 Å². The van der Waals surface area contributed by atoms with E-state index in [0.717, 1.165) is 12.8 Å². The van der Waals surface area contributed by atoms with Crippen LogP contribution in [-0.2, 0) is 0 Å². The fourth-order valence-electron chi connectivity index (χ4n) is 3.74. The van der Waals surface area contributed by atoms with E-state index in [1.165, 1.54) is 19.3 Å². The van der Waals surface area contributed by atoms with E-state index in [4.69, 9.17) is 0 Å². The average Bonchev–Trinajstić information content (AvgIpc) is 1.98. The van der Waals surface area contributed by atoms with Crippen LogP contribution in [0.2, 0.25) is 0 Å². The predicted molar refractivity (Wildman–Crippen MR) is 65.8 cm³/mol. The third kappa shape index (κ3) is 3.79. The summed E-state index contributed by atoms with van der Waals surface area (Å²) in [5, 5.41) is 10.1. The molecule has 1 saturated carbocycles. The Morgan fingerprint density at radius 2 is 1.60 bits per heavy atom. The van der Waals surface area contributed by atoms with Crippen molar-refractivity contribution in [1.82, 2.24) is 0 Å². The maximum absolute atomic E-state index is 10.1. The molecule has 15 heavy (non-hydrogen) atoms. The Kier molecular flexibility index (Phi) is 3.86. The van der Waals surface area contributed by atoms with Crippen molar-refractivity contribution in [2.45, 2.75) is 72.8 Å². The highest BCUT2D eigenvalue weighted by Gasteiger charge is 2.40. The first-order valence-electron chi connectivity index (χ1n) is 6.44. The Hall–Kier alpha value is -0.0400. The molecule has 0 aromatic carbocycles. The highest BCUT2D eigenvalue weighted by atomic mass is 16.3. The maximum Gasteiger partial charge on any atom is 0.0568 e. The summed E-state index contributed by atoms with van der Waals surface area (Å²) in [4.78, 5) is 0. The predicted octanol–water partition coefficient (Wildman–Crippen LogP) is 4.00. The molecular weight excluding hydrogens is 184 g/mol. The smallest absolute Gasteiger partial charge is 0.0568 e. The molecule has 0 radical (unpaired) electrons. The molecule has 1 fully saturated rings. The third-order valence-corrected chi connectivity index (χ3v) is 3.72. The van der Waals surface area contributed by atoms with E-state index in [2.05, 4.69) is 34.6 Å². The van der Waals surface area contributed by atoms with E-state index in [0.29, 0.717) is 16.7 Å². The van der Waals surface area contributed by atoms with Gasteiger partial charge < -0.3 is 5.11 Å². The standard InChI is InChI=1S/C14H28O/c1-6-7-12(15)11-8-13(2,3)10-14(4,5)9-11/h11-12,15H,6-10H2,1-5H3. The lowest BCUT2D eigenvalue weighted by Gasteiger charge is -2.46. The summed E-state index contributed by atoms with van der Waals surface area (Å²) >= 11 is 0. The molecule has 1 rings (SSSR count). The van der Waals surface area contributed by atoms with Crippen molar-refractivity contribution in [2.24, 2.45) is 16.7 Å². The minimum atomic E-state index is -0.0751. The first-order chi connectivity index (χ1) is 6.76. The molecular formula is C14H28O. The first kappa shape index (κ1) is 13.0. The molecule has 0 amide bonds. The second-order valence-electron chi connectivity index (χ2n) is 7.03. The minimum absolute atomic E-state index is 0.0751. The molecule has 1 heteroatoms. The van der Waals surface area contributed by atoms with Crippen molar-refractivity contribution in [1.29, 1.82) is 0 Å². The Morgan fingerprint density at radius 3 is 2.00 bits per heavy atom. The van der Waals surface area contributed by atoms with Gasteiger partial charge >= 0.3 is 0 Å². The molecule has 0 bridgehead atoms. The molecule has 0 heterocycles. The van der Waals surface area contributed by atoms with E-state index in [9.17, 15) is 5.11 Å². The number of rotatable bonds is 3. The largest absolute Gasteiger partial charge is 0.393 e. The van der Waals surface area contributed by atoms with E-state index < -0.39 is 0 Å². The quantitative estimate of drug-likeness (QED) is 0.749. The molecule has 0 aliphatic heterocycles. The van der Waals surface area contributed by atoms with Gasteiger partial charge in [0.15, 0.2) is 0 Å². The fourth-order valence-corrected chi connectivity index (χ4v) is 3.74. The molecule has 0 aromatic heterocycles. The summed E-state index contributed by atoms with van der Waals surface area (Å²) in [6, 6.07) is 0. The second kappa shape index (κ2) is 4.45. The maximum atomic E-state index is 10.1. The lowest BCUT2D eigenvalue weighted by Crippen LogP contribution is -2.38. The van der Waals surface area contributed by atoms with Crippen LogP contribution < -0.4 is 0 Å². The van der Waals surface area contributed by atoms with Crippen LogP contribution in [0.1, 0.15) is 66.7 Å². The summed E-state index contributed by atoms with van der Waals surface area (Å²) in [7, 11) is 0. The average molecular weight is 212 g/mol. The fraction of sp³-hybridized carbons (Fsp3) is 1.00. The van der Waals surface area contributed by atoms with Crippen molar-refractivity contribution in [3.05, 3.63) is 0 Å². The van der Waals surface area contributed by atoms with Crippen molar-refractivity contribution < 1.29 is 5.11 Å². The zero-order chi connectivity index (χ0) is 11.7. The van der Waals surface area contributed by atoms with E-state index in [1.54, 1.807) is 0 Å². The van der Waals surface area contributed by atoms with Crippen LogP contribution in [0.5, 0.6) is 0 Å². The van der Waals surface area contributed by atoms with Crippen molar-refractivity contribution in [2.75, 3.05) is 0 Å². The number of aliphatic hydroxyl groups excluding tert-OH is 1. The Bertz CT molecular complexity index is 189. The van der Waals surface area contributed by atoms with Crippen LogP contribution in [0.3, 0.4) is 0 Å². The van der Waals surface area contributed by atoms with Gasteiger partial charge in [-0.2, -0.15) is 0 Å². The first-order valence-corrected chi connectivity index (χ1v) is 6.44. The number of aliphatic hydroxyl groups is 1. The van der Waals surface area contributed by atoms with Crippen LogP contribution in [0.15, 0.2) is 0 Å². The van der Waals surface area contributed by atoms with Gasteiger partial charge in [-0.15, -0.1) is 0 Å². The third-order valence-electron chi connectivity index (χ3n) is 3.72. The molecule has 0 saturated heterocycles. The highest BCUT2D eigenvalue weighted by molar-refractivity contribution is 4.91. The van der Waals surface area contributed by atoms with Crippen LogP contribution >= 0.6 is 0 Å². The van der Waals surface area contributed by atoms with Gasteiger partial charge in [0.25, 0.3) is 0 Å². The molecule has 1 unspecified atom stereocenters. The highest BCUT2D eigenvalue weighted by Crippen LogP contribution is 2.49. The molecule has 1 atom stereocenters. The zero-order valence-corrected chi connectivity index (χ0v) is 11.1. The Balaban J connectivity index is 2.66. The summed E-state index contributed by atoms with van der Waals surface area (Å²) in [5.41, 5.74) is 0.808. The van der Waals surface area contributed by atoms with Gasteiger partial charge in [-0.05, 0) is 42.4 Å². The number of hydrogen-bond donors (Lipinski definition) is 1. The normalized spacial score (nSPS) is 27.6. The van der Waals surface area contributed by atoms with E-state index >= 15 is 0 Å². The van der Waals surface area contributed by atoms with Gasteiger partial charge in [0.1, 0.15) is 0 Å². The van der Waals surface area contributed by atoms with Gasteiger partial charge in [0, 0.05) is 0 Å². The van der Waals surface area contributed by atoms with E-state index in [1.807, 2.05) is 0 Å². The van der Waals surface area contributed by atoms with Crippen LogP contribution in [0, 0.1) is 16.7 Å².